The highest BCUT2D eigenvalue weighted by atomic mass is 16.2. The Morgan fingerprint density at radius 1 is 1.29 bits per heavy atom. The molecule has 2 aliphatic carbocycles. The number of benzene rings is 1. The zero-order valence-electron chi connectivity index (χ0n) is 13.2. The average Bonchev–Trinajstić information content (AvgIpc) is 2.96. The molecule has 1 N–H and O–H groups in total. The normalized spacial score (nSPS) is 29.7. The molecule has 3 rings (SSSR count). The van der Waals surface area contributed by atoms with E-state index in [0.717, 1.165) is 29.7 Å². The maximum atomic E-state index is 12.8. The number of ketones is 1. The molecule has 0 spiro atoms. The first-order valence-corrected chi connectivity index (χ1v) is 7.71. The van der Waals surface area contributed by atoms with Crippen molar-refractivity contribution in [3.8, 4) is 0 Å². The third-order valence-electron chi connectivity index (χ3n) is 5.84. The number of nitrogens with one attached hydrogen (secondary N) is 1. The molecule has 3 nitrogen and oxygen atoms in total. The molecule has 0 unspecified atom stereocenters. The van der Waals surface area contributed by atoms with E-state index in [0.29, 0.717) is 12.3 Å². The number of hydrogen-bond acceptors (Lipinski definition) is 2. The second-order valence-electron chi connectivity index (χ2n) is 7.27. The van der Waals surface area contributed by atoms with E-state index >= 15 is 0 Å². The number of carbonyl (C=O) groups excluding carboxylic acids is 2. The first kappa shape index (κ1) is 14.3. The molecule has 1 amide bonds. The fraction of sp³-hybridized carbons (Fsp3) is 0.556. The third-order valence-corrected chi connectivity index (χ3v) is 5.84. The molecule has 1 aromatic rings. The molecule has 2 fully saturated rings. The van der Waals surface area contributed by atoms with Crippen LogP contribution in [0.2, 0.25) is 0 Å². The number of hydrogen-bond donors (Lipinski definition) is 1. The zero-order chi connectivity index (χ0) is 15.4. The van der Waals surface area contributed by atoms with Crippen LogP contribution in [0.4, 0.5) is 5.69 Å². The topological polar surface area (TPSA) is 46.2 Å². The fourth-order valence-corrected chi connectivity index (χ4v) is 4.11. The van der Waals surface area contributed by atoms with Crippen molar-refractivity contribution in [2.45, 2.75) is 47.0 Å². The van der Waals surface area contributed by atoms with Gasteiger partial charge in [0.1, 0.15) is 5.41 Å². The van der Waals surface area contributed by atoms with Crippen molar-refractivity contribution in [1.82, 2.24) is 0 Å². The number of Topliss-reactive ketones (excluding diaryl/α,β-unsaturated/α-hetero) is 1. The lowest BCUT2D eigenvalue weighted by Crippen LogP contribution is -2.44. The standard InChI is InChI=1S/C18H23NO2/c1-11-6-5-7-14(12(11)2)19-16(21)18-9-8-13(10-18)17(3,4)15(18)20/h5-7,13H,8-10H2,1-4H3,(H,19,21)/t13-,18+/m1/s1. The van der Waals surface area contributed by atoms with Gasteiger partial charge < -0.3 is 5.32 Å². The smallest absolute Gasteiger partial charge is 0.238 e. The molecular formula is C18H23NO2. The van der Waals surface area contributed by atoms with Crippen LogP contribution in [0.1, 0.15) is 44.2 Å². The van der Waals surface area contributed by atoms with E-state index in [-0.39, 0.29) is 17.1 Å². The number of anilines is 1. The highest BCUT2D eigenvalue weighted by molar-refractivity contribution is 6.15. The van der Waals surface area contributed by atoms with Crippen LogP contribution in [0.5, 0.6) is 0 Å². The van der Waals surface area contributed by atoms with Crippen LogP contribution in [-0.2, 0) is 9.59 Å². The van der Waals surface area contributed by atoms with E-state index in [9.17, 15) is 9.59 Å². The van der Waals surface area contributed by atoms with Crippen LogP contribution in [-0.4, -0.2) is 11.7 Å². The highest BCUT2D eigenvalue weighted by Crippen LogP contribution is 2.60. The number of carbonyl (C=O) groups is 2. The number of rotatable bonds is 2. The summed E-state index contributed by atoms with van der Waals surface area (Å²) >= 11 is 0. The summed E-state index contributed by atoms with van der Waals surface area (Å²) in [5.74, 6) is 0.387. The molecule has 1 aromatic carbocycles. The Hall–Kier alpha value is -1.64. The van der Waals surface area contributed by atoms with Crippen LogP contribution < -0.4 is 5.32 Å². The predicted octanol–water partition coefficient (Wildman–Crippen LogP) is 3.64. The van der Waals surface area contributed by atoms with Gasteiger partial charge >= 0.3 is 0 Å². The van der Waals surface area contributed by atoms with Gasteiger partial charge in [-0.3, -0.25) is 9.59 Å². The Labute approximate surface area is 126 Å². The summed E-state index contributed by atoms with van der Waals surface area (Å²) in [7, 11) is 0. The van der Waals surface area contributed by atoms with Crippen molar-refractivity contribution in [3.05, 3.63) is 29.3 Å². The zero-order valence-corrected chi connectivity index (χ0v) is 13.2. The van der Waals surface area contributed by atoms with Gasteiger partial charge in [-0.15, -0.1) is 0 Å². The monoisotopic (exact) mass is 285 g/mol. The summed E-state index contributed by atoms with van der Waals surface area (Å²) in [6, 6.07) is 5.88. The Balaban J connectivity index is 1.90. The molecule has 0 aromatic heterocycles. The predicted molar refractivity (Wildman–Crippen MR) is 83.1 cm³/mol. The molecule has 2 atom stereocenters. The van der Waals surface area contributed by atoms with Crippen LogP contribution in [0.25, 0.3) is 0 Å². The molecule has 0 aliphatic heterocycles. The van der Waals surface area contributed by atoms with E-state index in [4.69, 9.17) is 0 Å². The van der Waals surface area contributed by atoms with Crippen LogP contribution in [0, 0.1) is 30.6 Å². The van der Waals surface area contributed by atoms with Gasteiger partial charge in [-0.1, -0.05) is 26.0 Å². The minimum Gasteiger partial charge on any atom is -0.325 e. The van der Waals surface area contributed by atoms with Gasteiger partial charge in [0.05, 0.1) is 0 Å². The molecule has 112 valence electrons. The lowest BCUT2D eigenvalue weighted by atomic mass is 9.70. The second-order valence-corrected chi connectivity index (χ2v) is 7.27. The lowest BCUT2D eigenvalue weighted by molar-refractivity contribution is -0.142. The number of fused-ring (bicyclic) bond motifs is 2. The van der Waals surface area contributed by atoms with Gasteiger partial charge in [0.2, 0.25) is 5.91 Å². The summed E-state index contributed by atoms with van der Waals surface area (Å²) < 4.78 is 0. The van der Waals surface area contributed by atoms with Crippen molar-refractivity contribution in [1.29, 1.82) is 0 Å². The SMILES string of the molecule is Cc1cccc(NC(=O)[C@@]23CC[C@H](C2)C(C)(C)C3=O)c1C. The molecule has 2 saturated carbocycles. The molecule has 21 heavy (non-hydrogen) atoms. The summed E-state index contributed by atoms with van der Waals surface area (Å²) in [6.45, 7) is 8.01. The molecule has 0 saturated heterocycles. The molecular weight excluding hydrogens is 262 g/mol. The van der Waals surface area contributed by atoms with Crippen molar-refractivity contribution in [3.63, 3.8) is 0 Å². The lowest BCUT2D eigenvalue weighted by Gasteiger charge is -2.32. The Kier molecular flexibility index (Phi) is 3.01. The second kappa shape index (κ2) is 4.43. The summed E-state index contributed by atoms with van der Waals surface area (Å²) in [4.78, 5) is 25.6. The molecule has 2 aliphatic rings. The maximum absolute atomic E-state index is 12.8. The number of aryl methyl sites for hydroxylation is 1. The maximum Gasteiger partial charge on any atom is 0.238 e. The number of amides is 1. The van der Waals surface area contributed by atoms with Crippen molar-refractivity contribution in [2.75, 3.05) is 5.32 Å². The van der Waals surface area contributed by atoms with Gasteiger partial charge in [0.15, 0.2) is 5.78 Å². The van der Waals surface area contributed by atoms with Gasteiger partial charge in [0, 0.05) is 11.1 Å². The van der Waals surface area contributed by atoms with E-state index in [1.54, 1.807) is 0 Å². The highest BCUT2D eigenvalue weighted by Gasteiger charge is 2.65. The molecule has 0 heterocycles. The third kappa shape index (κ3) is 1.86. The van der Waals surface area contributed by atoms with Crippen molar-refractivity contribution < 1.29 is 9.59 Å². The Bertz CT molecular complexity index is 632. The van der Waals surface area contributed by atoms with Crippen LogP contribution >= 0.6 is 0 Å². The minimum absolute atomic E-state index is 0.103. The first-order valence-electron chi connectivity index (χ1n) is 7.71. The Morgan fingerprint density at radius 3 is 2.62 bits per heavy atom. The average molecular weight is 285 g/mol. The summed E-state index contributed by atoms with van der Waals surface area (Å²) in [5.41, 5.74) is 1.91. The van der Waals surface area contributed by atoms with Gasteiger partial charge in [-0.05, 0) is 56.2 Å². The van der Waals surface area contributed by atoms with Gasteiger partial charge in [-0.2, -0.15) is 0 Å². The van der Waals surface area contributed by atoms with Crippen molar-refractivity contribution >= 4 is 17.4 Å². The van der Waals surface area contributed by atoms with Crippen LogP contribution in [0.3, 0.4) is 0 Å². The first-order chi connectivity index (χ1) is 9.79. The van der Waals surface area contributed by atoms with E-state index < -0.39 is 5.41 Å². The fourth-order valence-electron chi connectivity index (χ4n) is 4.11. The van der Waals surface area contributed by atoms with E-state index in [1.165, 1.54) is 0 Å². The van der Waals surface area contributed by atoms with E-state index in [2.05, 4.69) is 5.32 Å². The largest absolute Gasteiger partial charge is 0.325 e. The minimum atomic E-state index is -0.787. The molecule has 2 bridgehead atoms. The molecule has 3 heteroatoms. The van der Waals surface area contributed by atoms with Gasteiger partial charge in [-0.25, -0.2) is 0 Å². The van der Waals surface area contributed by atoms with Crippen LogP contribution in [0.15, 0.2) is 18.2 Å². The Morgan fingerprint density at radius 2 is 2.00 bits per heavy atom. The van der Waals surface area contributed by atoms with E-state index in [1.807, 2.05) is 45.9 Å². The van der Waals surface area contributed by atoms with Crippen molar-refractivity contribution in [2.24, 2.45) is 16.7 Å². The summed E-state index contributed by atoms with van der Waals surface area (Å²) in [6.07, 6.45) is 2.41. The molecule has 0 radical (unpaired) electrons. The van der Waals surface area contributed by atoms with Gasteiger partial charge in [0.25, 0.3) is 0 Å². The quantitative estimate of drug-likeness (QED) is 0.843. The summed E-state index contributed by atoms with van der Waals surface area (Å²) in [5, 5.41) is 3.02.